The third-order valence-corrected chi connectivity index (χ3v) is 4.36. The molecule has 1 aliphatic heterocycles. The summed E-state index contributed by atoms with van der Waals surface area (Å²) < 4.78 is 13.1. The number of fused-ring (bicyclic) bond motifs is 1. The van der Waals surface area contributed by atoms with Crippen molar-refractivity contribution in [3.63, 3.8) is 0 Å². The fraction of sp³-hybridized carbons (Fsp3) is 0.250. The molecule has 0 bridgehead atoms. The van der Waals surface area contributed by atoms with E-state index in [1.54, 1.807) is 11.0 Å². The number of nitrogens with one attached hydrogen (secondary N) is 1. The molecule has 0 atom stereocenters. The van der Waals surface area contributed by atoms with Gasteiger partial charge < -0.3 is 20.5 Å². The Bertz CT molecular complexity index is 955. The van der Waals surface area contributed by atoms with Crippen LogP contribution in [0.2, 0.25) is 0 Å². The van der Waals surface area contributed by atoms with Gasteiger partial charge in [0.2, 0.25) is 0 Å². The van der Waals surface area contributed by atoms with Crippen LogP contribution in [0.5, 0.6) is 11.5 Å². The number of hydrogen-bond donors (Lipinski definition) is 2. The molecule has 4 rings (SSSR count). The second kappa shape index (κ2) is 8.43. The van der Waals surface area contributed by atoms with Crippen molar-refractivity contribution >= 4 is 11.6 Å². The van der Waals surface area contributed by atoms with E-state index >= 15 is 0 Å². The van der Waals surface area contributed by atoms with Crippen molar-refractivity contribution in [2.75, 3.05) is 18.5 Å². The molecular weight excluding hydrogens is 356 g/mol. The number of aliphatic imine (C=N–C) groups is 1. The Hall–Kier alpha value is -3.55. The van der Waals surface area contributed by atoms with Gasteiger partial charge in [-0.1, -0.05) is 24.3 Å². The Morgan fingerprint density at radius 1 is 1.11 bits per heavy atom. The van der Waals surface area contributed by atoms with Crippen LogP contribution in [0, 0.1) is 0 Å². The lowest BCUT2D eigenvalue weighted by atomic mass is 10.1. The number of benzene rings is 2. The third kappa shape index (κ3) is 4.40. The van der Waals surface area contributed by atoms with Gasteiger partial charge >= 0.3 is 0 Å². The number of nitrogens with two attached hydrogens (primary N) is 1. The summed E-state index contributed by atoms with van der Waals surface area (Å²) in [6, 6.07) is 13.7. The van der Waals surface area contributed by atoms with E-state index in [0.717, 1.165) is 29.0 Å². The summed E-state index contributed by atoms with van der Waals surface area (Å²) >= 11 is 0. The minimum atomic E-state index is 0.338. The smallest absolute Gasteiger partial charge is 0.193 e. The number of aromatic nitrogens is 3. The van der Waals surface area contributed by atoms with Gasteiger partial charge in [0.1, 0.15) is 12.7 Å². The first-order valence-electron chi connectivity index (χ1n) is 9.14. The standard InChI is InChI=1S/C20H22N6O2/c21-20(25-17-6-7-18-19(10-17)28-9-3-8-27-18)23-11-15-4-1-2-5-16(15)12-26-14-22-13-24-26/h1-2,4-7,10,13-14H,3,8-9,11-12H2,(H3,21,23,25). The molecule has 28 heavy (non-hydrogen) atoms. The Morgan fingerprint density at radius 3 is 2.75 bits per heavy atom. The Balaban J connectivity index is 1.43. The first-order chi connectivity index (χ1) is 13.8. The zero-order valence-corrected chi connectivity index (χ0v) is 15.4. The molecular formula is C20H22N6O2. The van der Waals surface area contributed by atoms with Gasteiger partial charge in [-0.15, -0.1) is 0 Å². The highest BCUT2D eigenvalue weighted by molar-refractivity contribution is 5.92. The van der Waals surface area contributed by atoms with Crippen LogP contribution in [0.25, 0.3) is 0 Å². The van der Waals surface area contributed by atoms with E-state index in [-0.39, 0.29) is 0 Å². The maximum Gasteiger partial charge on any atom is 0.193 e. The van der Waals surface area contributed by atoms with E-state index in [0.29, 0.717) is 38.0 Å². The third-order valence-electron chi connectivity index (χ3n) is 4.36. The van der Waals surface area contributed by atoms with Crippen LogP contribution in [-0.4, -0.2) is 33.9 Å². The number of ether oxygens (including phenoxy) is 2. The summed E-state index contributed by atoms with van der Waals surface area (Å²) in [6.07, 6.45) is 4.09. The topological polar surface area (TPSA) is 99.6 Å². The molecule has 0 saturated carbocycles. The van der Waals surface area contributed by atoms with Gasteiger partial charge in [0.15, 0.2) is 17.5 Å². The summed E-state index contributed by atoms with van der Waals surface area (Å²) in [7, 11) is 0. The number of anilines is 1. The molecule has 1 aromatic heterocycles. The molecule has 3 N–H and O–H groups in total. The molecule has 0 fully saturated rings. The normalized spacial score (nSPS) is 13.8. The van der Waals surface area contributed by atoms with E-state index in [4.69, 9.17) is 15.2 Å². The van der Waals surface area contributed by atoms with E-state index in [9.17, 15) is 0 Å². The zero-order valence-electron chi connectivity index (χ0n) is 15.4. The monoisotopic (exact) mass is 378 g/mol. The molecule has 144 valence electrons. The summed E-state index contributed by atoms with van der Waals surface area (Å²) in [5, 5.41) is 7.27. The van der Waals surface area contributed by atoms with E-state index in [2.05, 4.69) is 26.5 Å². The highest BCUT2D eigenvalue weighted by atomic mass is 16.5. The van der Waals surface area contributed by atoms with Crippen LogP contribution < -0.4 is 20.5 Å². The highest BCUT2D eigenvalue weighted by Crippen LogP contribution is 2.32. The summed E-state index contributed by atoms with van der Waals surface area (Å²) in [4.78, 5) is 8.46. The Morgan fingerprint density at radius 2 is 1.93 bits per heavy atom. The molecule has 1 aliphatic rings. The van der Waals surface area contributed by atoms with Crippen LogP contribution >= 0.6 is 0 Å². The quantitative estimate of drug-likeness (QED) is 0.522. The molecule has 0 aliphatic carbocycles. The van der Waals surface area contributed by atoms with Crippen molar-refractivity contribution in [1.82, 2.24) is 14.8 Å². The van der Waals surface area contributed by atoms with Crippen molar-refractivity contribution < 1.29 is 9.47 Å². The number of rotatable bonds is 5. The lowest BCUT2D eigenvalue weighted by Gasteiger charge is -2.11. The second-order valence-electron chi connectivity index (χ2n) is 6.40. The average molecular weight is 378 g/mol. The van der Waals surface area contributed by atoms with Gasteiger partial charge in [0, 0.05) is 18.2 Å². The van der Waals surface area contributed by atoms with Gasteiger partial charge in [0.25, 0.3) is 0 Å². The van der Waals surface area contributed by atoms with Gasteiger partial charge in [-0.25, -0.2) is 14.7 Å². The largest absolute Gasteiger partial charge is 0.490 e. The molecule has 8 nitrogen and oxygen atoms in total. The van der Waals surface area contributed by atoms with Crippen molar-refractivity contribution in [3.8, 4) is 11.5 Å². The first-order valence-corrected chi connectivity index (χ1v) is 9.14. The van der Waals surface area contributed by atoms with Crippen LogP contribution in [0.1, 0.15) is 17.5 Å². The van der Waals surface area contributed by atoms with Crippen molar-refractivity contribution in [1.29, 1.82) is 0 Å². The predicted octanol–water partition coefficient (Wildman–Crippen LogP) is 2.41. The fourth-order valence-electron chi connectivity index (χ4n) is 2.95. The molecule has 0 saturated heterocycles. The molecule has 0 radical (unpaired) electrons. The Labute approximate surface area is 163 Å². The Kier molecular flexibility index (Phi) is 5.37. The lowest BCUT2D eigenvalue weighted by molar-refractivity contribution is 0.297. The maximum atomic E-state index is 6.09. The number of guanidine groups is 1. The van der Waals surface area contributed by atoms with E-state index in [1.807, 2.05) is 36.4 Å². The maximum absolute atomic E-state index is 6.09. The van der Waals surface area contributed by atoms with Gasteiger partial charge in [-0.3, -0.25) is 0 Å². The molecule has 0 unspecified atom stereocenters. The summed E-state index contributed by atoms with van der Waals surface area (Å²) in [6.45, 7) is 2.41. The minimum Gasteiger partial charge on any atom is -0.490 e. The molecule has 0 amide bonds. The number of hydrogen-bond acceptors (Lipinski definition) is 5. The predicted molar refractivity (Wildman–Crippen MR) is 107 cm³/mol. The molecule has 0 spiro atoms. The van der Waals surface area contributed by atoms with Crippen LogP contribution in [0.15, 0.2) is 60.1 Å². The summed E-state index contributed by atoms with van der Waals surface area (Å²) in [5.74, 6) is 1.80. The minimum absolute atomic E-state index is 0.338. The van der Waals surface area contributed by atoms with Crippen LogP contribution in [-0.2, 0) is 13.1 Å². The summed E-state index contributed by atoms with van der Waals surface area (Å²) in [5.41, 5.74) is 9.10. The molecule has 2 aromatic carbocycles. The van der Waals surface area contributed by atoms with E-state index in [1.165, 1.54) is 6.33 Å². The van der Waals surface area contributed by atoms with Crippen LogP contribution in [0.4, 0.5) is 5.69 Å². The van der Waals surface area contributed by atoms with Crippen LogP contribution in [0.3, 0.4) is 0 Å². The van der Waals surface area contributed by atoms with Crippen molar-refractivity contribution in [2.24, 2.45) is 10.7 Å². The first kappa shape index (κ1) is 17.8. The zero-order chi connectivity index (χ0) is 19.2. The van der Waals surface area contributed by atoms with Crippen molar-refractivity contribution in [2.45, 2.75) is 19.5 Å². The van der Waals surface area contributed by atoms with Gasteiger partial charge in [-0.05, 0) is 23.3 Å². The van der Waals surface area contributed by atoms with Gasteiger partial charge in [-0.2, -0.15) is 5.10 Å². The fourth-order valence-corrected chi connectivity index (χ4v) is 2.95. The van der Waals surface area contributed by atoms with Gasteiger partial charge in [0.05, 0.1) is 26.3 Å². The lowest BCUT2D eigenvalue weighted by Crippen LogP contribution is -2.22. The van der Waals surface area contributed by atoms with Crippen molar-refractivity contribution in [3.05, 3.63) is 66.2 Å². The second-order valence-corrected chi connectivity index (χ2v) is 6.40. The highest BCUT2D eigenvalue weighted by Gasteiger charge is 2.11. The molecule has 3 aromatic rings. The molecule has 8 heteroatoms. The molecule has 2 heterocycles. The van der Waals surface area contributed by atoms with E-state index < -0.39 is 0 Å². The number of nitrogens with zero attached hydrogens (tertiary/aromatic N) is 4. The SMILES string of the molecule is NC(=NCc1ccccc1Cn1cncn1)Nc1ccc2c(c1)OCCCO2. The average Bonchev–Trinajstić information content (AvgIpc) is 3.10.